The molecule has 0 aliphatic heterocycles. The standard InChI is InChI=1S/C17H26FNO/c1-2-16(19)17(14-9-6-10-15(18)11-14)20-12-13-7-4-3-5-8-13/h6,9-11,13,16-17H,2-5,7-8,12,19H2,1H3. The van der Waals surface area contributed by atoms with E-state index in [1.54, 1.807) is 12.1 Å². The van der Waals surface area contributed by atoms with Gasteiger partial charge in [0.05, 0.1) is 12.7 Å². The van der Waals surface area contributed by atoms with Gasteiger partial charge in [0.25, 0.3) is 0 Å². The second-order valence-corrected chi connectivity index (χ2v) is 5.89. The third-order valence-corrected chi connectivity index (χ3v) is 4.27. The molecule has 112 valence electrons. The Kier molecular flexibility index (Phi) is 5.99. The molecule has 0 spiro atoms. The SMILES string of the molecule is CCC(N)C(OCC1CCCCC1)c1cccc(F)c1. The van der Waals surface area contributed by atoms with Crippen LogP contribution in [0.3, 0.4) is 0 Å². The molecule has 1 saturated carbocycles. The van der Waals surface area contributed by atoms with Crippen LogP contribution in [0.5, 0.6) is 0 Å². The molecule has 1 aliphatic rings. The van der Waals surface area contributed by atoms with Crippen LogP contribution in [0.2, 0.25) is 0 Å². The van der Waals surface area contributed by atoms with Crippen molar-refractivity contribution in [3.8, 4) is 0 Å². The molecule has 2 N–H and O–H groups in total. The summed E-state index contributed by atoms with van der Waals surface area (Å²) in [7, 11) is 0. The first-order chi connectivity index (χ1) is 9.70. The first kappa shape index (κ1) is 15.5. The molecule has 0 saturated heterocycles. The largest absolute Gasteiger partial charge is 0.372 e. The third kappa shape index (κ3) is 4.29. The van der Waals surface area contributed by atoms with Crippen LogP contribution in [0.1, 0.15) is 57.1 Å². The zero-order valence-electron chi connectivity index (χ0n) is 12.4. The van der Waals surface area contributed by atoms with Crippen molar-refractivity contribution >= 4 is 0 Å². The van der Waals surface area contributed by atoms with Crippen molar-refractivity contribution in [2.24, 2.45) is 11.7 Å². The maximum absolute atomic E-state index is 13.4. The smallest absolute Gasteiger partial charge is 0.123 e. The maximum atomic E-state index is 13.4. The maximum Gasteiger partial charge on any atom is 0.123 e. The Hall–Kier alpha value is -0.930. The van der Waals surface area contributed by atoms with Gasteiger partial charge in [0.2, 0.25) is 0 Å². The third-order valence-electron chi connectivity index (χ3n) is 4.27. The van der Waals surface area contributed by atoms with E-state index in [1.165, 1.54) is 38.2 Å². The van der Waals surface area contributed by atoms with Gasteiger partial charge >= 0.3 is 0 Å². The first-order valence-corrected chi connectivity index (χ1v) is 7.83. The molecule has 0 aromatic heterocycles. The Morgan fingerprint density at radius 3 is 2.70 bits per heavy atom. The van der Waals surface area contributed by atoms with Gasteiger partial charge in [-0.15, -0.1) is 0 Å². The minimum absolute atomic E-state index is 0.0830. The van der Waals surface area contributed by atoms with Crippen molar-refractivity contribution in [3.63, 3.8) is 0 Å². The molecule has 0 amide bonds. The lowest BCUT2D eigenvalue weighted by Crippen LogP contribution is -2.31. The zero-order chi connectivity index (χ0) is 14.4. The van der Waals surface area contributed by atoms with Gasteiger partial charge in [-0.25, -0.2) is 4.39 Å². The second kappa shape index (κ2) is 7.75. The number of ether oxygens (including phenoxy) is 1. The molecule has 1 aromatic rings. The predicted molar refractivity (Wildman–Crippen MR) is 79.9 cm³/mol. The van der Waals surface area contributed by atoms with E-state index in [0.29, 0.717) is 5.92 Å². The Balaban J connectivity index is 2.00. The fraction of sp³-hybridized carbons (Fsp3) is 0.647. The van der Waals surface area contributed by atoms with Gasteiger partial charge in [-0.2, -0.15) is 0 Å². The summed E-state index contributed by atoms with van der Waals surface area (Å²) in [6.45, 7) is 2.79. The average Bonchev–Trinajstić information content (AvgIpc) is 2.48. The normalized spacial score (nSPS) is 19.8. The van der Waals surface area contributed by atoms with E-state index in [1.807, 2.05) is 13.0 Å². The monoisotopic (exact) mass is 279 g/mol. The lowest BCUT2D eigenvalue weighted by molar-refractivity contribution is 0.00425. The zero-order valence-corrected chi connectivity index (χ0v) is 12.4. The van der Waals surface area contributed by atoms with Gasteiger partial charge < -0.3 is 10.5 Å². The molecular weight excluding hydrogens is 253 g/mol. The second-order valence-electron chi connectivity index (χ2n) is 5.89. The predicted octanol–water partition coefficient (Wildman–Crippen LogP) is 4.20. The Bertz CT molecular complexity index is 404. The molecule has 1 aliphatic carbocycles. The number of rotatable bonds is 6. The molecule has 20 heavy (non-hydrogen) atoms. The van der Waals surface area contributed by atoms with E-state index < -0.39 is 0 Å². The van der Waals surface area contributed by atoms with Crippen molar-refractivity contribution in [2.75, 3.05) is 6.61 Å². The van der Waals surface area contributed by atoms with E-state index in [2.05, 4.69) is 0 Å². The summed E-state index contributed by atoms with van der Waals surface area (Å²) in [5, 5.41) is 0. The summed E-state index contributed by atoms with van der Waals surface area (Å²) >= 11 is 0. The van der Waals surface area contributed by atoms with Crippen LogP contribution >= 0.6 is 0 Å². The molecular formula is C17H26FNO. The number of hydrogen-bond acceptors (Lipinski definition) is 2. The van der Waals surface area contributed by atoms with Crippen molar-refractivity contribution in [3.05, 3.63) is 35.6 Å². The van der Waals surface area contributed by atoms with E-state index in [0.717, 1.165) is 18.6 Å². The van der Waals surface area contributed by atoms with Gasteiger partial charge in [0, 0.05) is 6.04 Å². The molecule has 3 heteroatoms. The van der Waals surface area contributed by atoms with Crippen LogP contribution in [0.25, 0.3) is 0 Å². The van der Waals surface area contributed by atoms with Gasteiger partial charge in [0.1, 0.15) is 5.82 Å². The highest BCUT2D eigenvalue weighted by atomic mass is 19.1. The molecule has 1 fully saturated rings. The van der Waals surface area contributed by atoms with Crippen molar-refractivity contribution in [2.45, 2.75) is 57.6 Å². The Morgan fingerprint density at radius 1 is 1.30 bits per heavy atom. The summed E-state index contributed by atoms with van der Waals surface area (Å²) in [6.07, 6.45) is 7.08. The van der Waals surface area contributed by atoms with Crippen LogP contribution in [0.4, 0.5) is 4.39 Å². The summed E-state index contributed by atoms with van der Waals surface area (Å²) in [6, 6.07) is 6.55. The van der Waals surface area contributed by atoms with Gasteiger partial charge in [-0.3, -0.25) is 0 Å². The number of hydrogen-bond donors (Lipinski definition) is 1. The number of benzene rings is 1. The summed E-state index contributed by atoms with van der Waals surface area (Å²) in [4.78, 5) is 0. The molecule has 2 rings (SSSR count). The molecule has 0 radical (unpaired) electrons. The van der Waals surface area contributed by atoms with Crippen LogP contribution in [-0.2, 0) is 4.74 Å². The minimum atomic E-state index is -0.225. The molecule has 2 nitrogen and oxygen atoms in total. The van der Waals surface area contributed by atoms with Gasteiger partial charge in [0.15, 0.2) is 0 Å². The highest BCUT2D eigenvalue weighted by molar-refractivity contribution is 5.20. The topological polar surface area (TPSA) is 35.2 Å². The number of nitrogens with two attached hydrogens (primary N) is 1. The van der Waals surface area contributed by atoms with Crippen LogP contribution < -0.4 is 5.73 Å². The highest BCUT2D eigenvalue weighted by Crippen LogP contribution is 2.28. The lowest BCUT2D eigenvalue weighted by Gasteiger charge is -2.28. The molecule has 2 unspecified atom stereocenters. The number of halogens is 1. The average molecular weight is 279 g/mol. The van der Waals surface area contributed by atoms with E-state index in [-0.39, 0.29) is 18.0 Å². The molecule has 0 bridgehead atoms. The van der Waals surface area contributed by atoms with Gasteiger partial charge in [-0.05, 0) is 42.9 Å². The van der Waals surface area contributed by atoms with Crippen LogP contribution in [0, 0.1) is 11.7 Å². The van der Waals surface area contributed by atoms with Crippen molar-refractivity contribution in [1.82, 2.24) is 0 Å². The summed E-state index contributed by atoms with van der Waals surface area (Å²) in [5.74, 6) is 0.418. The summed E-state index contributed by atoms with van der Waals surface area (Å²) < 4.78 is 19.5. The fourth-order valence-electron chi connectivity index (χ4n) is 2.96. The van der Waals surface area contributed by atoms with E-state index >= 15 is 0 Å². The first-order valence-electron chi connectivity index (χ1n) is 7.83. The molecule has 1 aromatic carbocycles. The molecule has 0 heterocycles. The van der Waals surface area contributed by atoms with Crippen LogP contribution in [0.15, 0.2) is 24.3 Å². The summed E-state index contributed by atoms with van der Waals surface area (Å²) in [5.41, 5.74) is 7.02. The fourth-order valence-corrected chi connectivity index (χ4v) is 2.96. The Labute approximate surface area is 121 Å². The quantitative estimate of drug-likeness (QED) is 0.847. The highest BCUT2D eigenvalue weighted by Gasteiger charge is 2.22. The van der Waals surface area contributed by atoms with Crippen LogP contribution in [-0.4, -0.2) is 12.6 Å². The van der Waals surface area contributed by atoms with E-state index in [4.69, 9.17) is 10.5 Å². The molecule has 2 atom stereocenters. The van der Waals surface area contributed by atoms with Crippen molar-refractivity contribution < 1.29 is 9.13 Å². The van der Waals surface area contributed by atoms with Crippen molar-refractivity contribution in [1.29, 1.82) is 0 Å². The minimum Gasteiger partial charge on any atom is -0.372 e. The lowest BCUT2D eigenvalue weighted by atomic mass is 9.90. The van der Waals surface area contributed by atoms with Gasteiger partial charge in [-0.1, -0.05) is 38.3 Å². The van der Waals surface area contributed by atoms with E-state index in [9.17, 15) is 4.39 Å². The Morgan fingerprint density at radius 2 is 2.05 bits per heavy atom.